The number of carbonyl (C=O) groups is 1. The number of halogens is 1. The van der Waals surface area contributed by atoms with Crippen LogP contribution in [0.4, 0.5) is 0 Å². The lowest BCUT2D eigenvalue weighted by Crippen LogP contribution is -2.53. The van der Waals surface area contributed by atoms with Crippen molar-refractivity contribution in [1.82, 2.24) is 14.8 Å². The zero-order valence-corrected chi connectivity index (χ0v) is 18.0. The molecule has 0 N–H and O–H groups in total. The average Bonchev–Trinajstić information content (AvgIpc) is 2.72. The molecule has 3 rings (SSSR count). The average molecular weight is 418 g/mol. The van der Waals surface area contributed by atoms with Gasteiger partial charge >= 0.3 is 0 Å². The first kappa shape index (κ1) is 21.4. The molecule has 0 bridgehead atoms. The highest BCUT2D eigenvalue weighted by Gasteiger charge is 2.29. The maximum atomic E-state index is 13.2. The van der Waals surface area contributed by atoms with E-state index < -0.39 is 0 Å². The molecule has 1 saturated heterocycles. The SMILES string of the molecule is CCCOc1c(Cl)cc(C(=O)N2CCN(Cc3cccnc3)CC2C)cc1OC. The quantitative estimate of drug-likeness (QED) is 0.684. The molecule has 1 aromatic carbocycles. The van der Waals surface area contributed by atoms with Gasteiger partial charge in [0.05, 0.1) is 18.7 Å². The van der Waals surface area contributed by atoms with Crippen LogP contribution in [-0.2, 0) is 6.54 Å². The molecule has 0 saturated carbocycles. The summed E-state index contributed by atoms with van der Waals surface area (Å²) in [6, 6.07) is 7.50. The Balaban J connectivity index is 1.69. The van der Waals surface area contributed by atoms with Crippen molar-refractivity contribution in [3.63, 3.8) is 0 Å². The van der Waals surface area contributed by atoms with E-state index in [1.807, 2.05) is 24.1 Å². The second kappa shape index (κ2) is 9.94. The van der Waals surface area contributed by atoms with Crippen LogP contribution < -0.4 is 9.47 Å². The molecule has 1 amide bonds. The number of methoxy groups -OCH3 is 1. The summed E-state index contributed by atoms with van der Waals surface area (Å²) in [6.45, 7) is 7.76. The first-order chi connectivity index (χ1) is 14.0. The number of nitrogens with zero attached hydrogens (tertiary/aromatic N) is 3. The number of benzene rings is 1. The molecule has 7 heteroatoms. The Hall–Kier alpha value is -2.31. The summed E-state index contributed by atoms with van der Waals surface area (Å²) in [5, 5.41) is 0.393. The van der Waals surface area contributed by atoms with Crippen LogP contribution in [0.25, 0.3) is 0 Å². The molecule has 1 fully saturated rings. The summed E-state index contributed by atoms with van der Waals surface area (Å²) in [4.78, 5) is 21.6. The van der Waals surface area contributed by atoms with Crippen LogP contribution in [0.2, 0.25) is 5.02 Å². The molecule has 1 aromatic heterocycles. The van der Waals surface area contributed by atoms with Crippen LogP contribution in [0.3, 0.4) is 0 Å². The molecule has 0 radical (unpaired) electrons. The van der Waals surface area contributed by atoms with Crippen molar-refractivity contribution >= 4 is 17.5 Å². The minimum Gasteiger partial charge on any atom is -0.493 e. The predicted octanol–water partition coefficient (Wildman–Crippen LogP) is 3.88. The number of pyridine rings is 1. The molecular formula is C22H28ClN3O3. The van der Waals surface area contributed by atoms with Crippen LogP contribution in [-0.4, -0.2) is 60.1 Å². The van der Waals surface area contributed by atoms with Gasteiger partial charge < -0.3 is 14.4 Å². The highest BCUT2D eigenvalue weighted by Crippen LogP contribution is 2.37. The Bertz CT molecular complexity index is 832. The van der Waals surface area contributed by atoms with E-state index >= 15 is 0 Å². The number of ether oxygens (including phenoxy) is 2. The Morgan fingerprint density at radius 2 is 2.17 bits per heavy atom. The van der Waals surface area contributed by atoms with Gasteiger partial charge in [0.1, 0.15) is 0 Å². The molecule has 29 heavy (non-hydrogen) atoms. The van der Waals surface area contributed by atoms with Gasteiger partial charge in [-0.05, 0) is 37.1 Å². The summed E-state index contributed by atoms with van der Waals surface area (Å²) in [6.07, 6.45) is 4.53. The van der Waals surface area contributed by atoms with Gasteiger partial charge in [-0.15, -0.1) is 0 Å². The van der Waals surface area contributed by atoms with Crippen LogP contribution >= 0.6 is 11.6 Å². The molecule has 2 heterocycles. The van der Waals surface area contributed by atoms with Gasteiger partial charge in [-0.1, -0.05) is 24.6 Å². The Morgan fingerprint density at radius 3 is 2.83 bits per heavy atom. The molecular weight excluding hydrogens is 390 g/mol. The highest BCUT2D eigenvalue weighted by atomic mass is 35.5. The largest absolute Gasteiger partial charge is 0.493 e. The third kappa shape index (κ3) is 5.19. The highest BCUT2D eigenvalue weighted by molar-refractivity contribution is 6.32. The normalized spacial score (nSPS) is 17.2. The van der Waals surface area contributed by atoms with Gasteiger partial charge in [-0.2, -0.15) is 0 Å². The Labute approximate surface area is 177 Å². The topological polar surface area (TPSA) is 54.9 Å². The lowest BCUT2D eigenvalue weighted by molar-refractivity contribution is 0.0475. The van der Waals surface area contributed by atoms with E-state index in [0.29, 0.717) is 35.2 Å². The fourth-order valence-corrected chi connectivity index (χ4v) is 3.85. The van der Waals surface area contributed by atoms with Crippen molar-refractivity contribution in [1.29, 1.82) is 0 Å². The van der Waals surface area contributed by atoms with Crippen molar-refractivity contribution < 1.29 is 14.3 Å². The second-order valence-corrected chi connectivity index (χ2v) is 7.69. The van der Waals surface area contributed by atoms with E-state index in [2.05, 4.69) is 22.9 Å². The van der Waals surface area contributed by atoms with Gasteiger partial charge in [0, 0.05) is 50.2 Å². The fraction of sp³-hybridized carbons (Fsp3) is 0.455. The van der Waals surface area contributed by atoms with Gasteiger partial charge in [-0.25, -0.2) is 0 Å². The number of amides is 1. The van der Waals surface area contributed by atoms with Crippen LogP contribution in [0.15, 0.2) is 36.7 Å². The number of hydrogen-bond acceptors (Lipinski definition) is 5. The van der Waals surface area contributed by atoms with E-state index in [1.54, 1.807) is 25.4 Å². The first-order valence-corrected chi connectivity index (χ1v) is 10.3. The molecule has 0 spiro atoms. The van der Waals surface area contributed by atoms with E-state index in [-0.39, 0.29) is 11.9 Å². The number of aromatic nitrogens is 1. The maximum Gasteiger partial charge on any atom is 0.254 e. The van der Waals surface area contributed by atoms with Gasteiger partial charge in [-0.3, -0.25) is 14.7 Å². The third-order valence-corrected chi connectivity index (χ3v) is 5.31. The summed E-state index contributed by atoms with van der Waals surface area (Å²) in [5.74, 6) is 0.930. The van der Waals surface area contributed by atoms with Gasteiger partial charge in [0.2, 0.25) is 0 Å². The van der Waals surface area contributed by atoms with Crippen molar-refractivity contribution in [2.45, 2.75) is 32.9 Å². The third-order valence-electron chi connectivity index (χ3n) is 5.03. The predicted molar refractivity (Wildman–Crippen MR) is 114 cm³/mol. The zero-order chi connectivity index (χ0) is 20.8. The molecule has 0 aliphatic carbocycles. The van der Waals surface area contributed by atoms with E-state index in [9.17, 15) is 4.79 Å². The molecule has 1 aliphatic heterocycles. The lowest BCUT2D eigenvalue weighted by atomic mass is 10.1. The van der Waals surface area contributed by atoms with Crippen molar-refractivity contribution in [3.05, 3.63) is 52.8 Å². The van der Waals surface area contributed by atoms with Crippen LogP contribution in [0, 0.1) is 0 Å². The number of hydrogen-bond donors (Lipinski definition) is 0. The molecule has 1 unspecified atom stereocenters. The van der Waals surface area contributed by atoms with Gasteiger partial charge in [0.25, 0.3) is 5.91 Å². The summed E-state index contributed by atoms with van der Waals surface area (Å²) >= 11 is 6.39. The second-order valence-electron chi connectivity index (χ2n) is 7.28. The summed E-state index contributed by atoms with van der Waals surface area (Å²) < 4.78 is 11.1. The molecule has 6 nitrogen and oxygen atoms in total. The standard InChI is InChI=1S/C22H28ClN3O3/c1-4-10-29-21-19(23)11-18(12-20(21)28-3)22(27)26-9-8-25(14-16(26)2)15-17-6-5-7-24-13-17/h5-7,11-13,16H,4,8-10,14-15H2,1-3H3. The first-order valence-electron chi connectivity index (χ1n) is 9.96. The maximum absolute atomic E-state index is 13.2. The fourth-order valence-electron chi connectivity index (χ4n) is 3.58. The Kier molecular flexibility index (Phi) is 7.34. The summed E-state index contributed by atoms with van der Waals surface area (Å²) in [5.41, 5.74) is 1.70. The van der Waals surface area contributed by atoms with Crippen LogP contribution in [0.5, 0.6) is 11.5 Å². The van der Waals surface area contributed by atoms with Crippen molar-refractivity contribution in [2.75, 3.05) is 33.4 Å². The van der Waals surface area contributed by atoms with Gasteiger partial charge in [0.15, 0.2) is 11.5 Å². The summed E-state index contributed by atoms with van der Waals surface area (Å²) in [7, 11) is 1.55. The van der Waals surface area contributed by atoms with Crippen LogP contribution in [0.1, 0.15) is 36.2 Å². The number of rotatable bonds is 7. The Morgan fingerprint density at radius 1 is 1.34 bits per heavy atom. The zero-order valence-electron chi connectivity index (χ0n) is 17.2. The number of carbonyl (C=O) groups excluding carboxylic acids is 1. The van der Waals surface area contributed by atoms with Crippen molar-refractivity contribution in [2.24, 2.45) is 0 Å². The molecule has 2 aromatic rings. The molecule has 1 aliphatic rings. The van der Waals surface area contributed by atoms with E-state index in [1.165, 1.54) is 5.56 Å². The smallest absolute Gasteiger partial charge is 0.254 e. The monoisotopic (exact) mass is 417 g/mol. The minimum absolute atomic E-state index is 0.0410. The molecule has 156 valence electrons. The van der Waals surface area contributed by atoms with Crippen molar-refractivity contribution in [3.8, 4) is 11.5 Å². The minimum atomic E-state index is -0.0410. The molecule has 1 atom stereocenters. The number of piperazine rings is 1. The lowest BCUT2D eigenvalue weighted by Gasteiger charge is -2.40. The van der Waals surface area contributed by atoms with E-state index in [4.69, 9.17) is 21.1 Å². The van der Waals surface area contributed by atoms with E-state index in [0.717, 1.165) is 26.1 Å².